The molecule has 13 heteroatoms. The number of hydrogen-bond donors (Lipinski definition) is 2. The van der Waals surface area contributed by atoms with E-state index in [4.69, 9.17) is 11.6 Å². The van der Waals surface area contributed by atoms with E-state index in [9.17, 15) is 35.9 Å². The summed E-state index contributed by atoms with van der Waals surface area (Å²) in [6.45, 7) is 1.79. The van der Waals surface area contributed by atoms with Gasteiger partial charge in [0, 0.05) is 13.1 Å². The van der Waals surface area contributed by atoms with E-state index in [0.717, 1.165) is 12.1 Å². The maximum absolute atomic E-state index is 13.2. The van der Waals surface area contributed by atoms with E-state index >= 15 is 0 Å². The number of aromatic nitrogens is 1. The van der Waals surface area contributed by atoms with Crippen LogP contribution in [-0.4, -0.2) is 47.1 Å². The first-order valence-corrected chi connectivity index (χ1v) is 9.82. The minimum absolute atomic E-state index is 0.142. The second kappa shape index (κ2) is 8.36. The van der Waals surface area contributed by atoms with Crippen molar-refractivity contribution in [2.24, 2.45) is 11.8 Å². The SMILES string of the molecule is C[C@@H]1C(=O)NCCN1C(=O)N[C@@H](c1ccc(Cl)c(C(F)(F)F)n1)[C@H]1C[C@H](C(F)(F)F)C1. The van der Waals surface area contributed by atoms with Crippen LogP contribution in [0.25, 0.3) is 0 Å². The average Bonchev–Trinajstić information content (AvgIpc) is 2.60. The zero-order valence-electron chi connectivity index (χ0n) is 16.1. The Hall–Kier alpha value is -2.24. The summed E-state index contributed by atoms with van der Waals surface area (Å²) in [5.74, 6) is -2.80. The smallest absolute Gasteiger partial charge is 0.353 e. The zero-order valence-corrected chi connectivity index (χ0v) is 16.9. The van der Waals surface area contributed by atoms with Crippen LogP contribution >= 0.6 is 11.6 Å². The molecule has 1 aromatic heterocycles. The fraction of sp³-hybridized carbons (Fsp3) is 0.611. The molecule has 2 atom stereocenters. The summed E-state index contributed by atoms with van der Waals surface area (Å²) in [6.07, 6.45) is -10.0. The number of urea groups is 1. The maximum atomic E-state index is 13.2. The van der Waals surface area contributed by atoms with Crippen LogP contribution in [0.2, 0.25) is 5.02 Å². The Morgan fingerprint density at radius 3 is 2.48 bits per heavy atom. The van der Waals surface area contributed by atoms with Crippen LogP contribution in [0.3, 0.4) is 0 Å². The molecule has 1 aliphatic carbocycles. The van der Waals surface area contributed by atoms with Crippen LogP contribution in [0.4, 0.5) is 31.1 Å². The van der Waals surface area contributed by atoms with Crippen LogP contribution in [0, 0.1) is 11.8 Å². The summed E-state index contributed by atoms with van der Waals surface area (Å²) in [7, 11) is 0. The molecular formula is C18H19ClF6N4O2. The molecule has 2 aliphatic rings. The standard InChI is InChI=1S/C18H19ClF6N4O2/c1-8-15(30)26-4-5-29(8)16(31)28-13(9-6-10(7-9)17(20,21)22)12-3-2-11(19)14(27-12)18(23,24)25/h2-3,8-10,13H,4-7H2,1H3,(H,26,30)(H,28,31)/t8-,9-,10-,13-/m1/s1. The quantitative estimate of drug-likeness (QED) is 0.655. The number of hydrogen-bond acceptors (Lipinski definition) is 3. The van der Waals surface area contributed by atoms with Gasteiger partial charge in [-0.15, -0.1) is 0 Å². The van der Waals surface area contributed by atoms with Gasteiger partial charge in [0.25, 0.3) is 0 Å². The zero-order chi connectivity index (χ0) is 23.1. The van der Waals surface area contributed by atoms with Crippen LogP contribution < -0.4 is 10.6 Å². The number of carbonyl (C=O) groups excluding carboxylic acids is 2. The Morgan fingerprint density at radius 1 is 1.26 bits per heavy atom. The highest BCUT2D eigenvalue weighted by Gasteiger charge is 2.51. The molecule has 0 radical (unpaired) electrons. The number of carbonyl (C=O) groups is 2. The van der Waals surface area contributed by atoms with E-state index in [1.165, 1.54) is 11.8 Å². The number of nitrogens with zero attached hydrogens (tertiary/aromatic N) is 2. The number of pyridine rings is 1. The molecule has 6 nitrogen and oxygen atoms in total. The molecule has 172 valence electrons. The largest absolute Gasteiger partial charge is 0.434 e. The predicted octanol–water partition coefficient (Wildman–Crippen LogP) is 3.91. The van der Waals surface area contributed by atoms with Gasteiger partial charge in [0.15, 0.2) is 5.69 Å². The monoisotopic (exact) mass is 472 g/mol. The lowest BCUT2D eigenvalue weighted by molar-refractivity contribution is -0.206. The van der Waals surface area contributed by atoms with Crippen molar-refractivity contribution in [1.82, 2.24) is 20.5 Å². The van der Waals surface area contributed by atoms with Gasteiger partial charge in [-0.05, 0) is 37.8 Å². The lowest BCUT2D eigenvalue weighted by Crippen LogP contribution is -2.59. The first kappa shape index (κ1) is 23.4. The number of nitrogens with one attached hydrogen (secondary N) is 2. The third-order valence-corrected chi connectivity index (χ3v) is 5.91. The highest BCUT2D eigenvalue weighted by molar-refractivity contribution is 6.31. The molecule has 3 amide bonds. The molecule has 0 bridgehead atoms. The molecule has 1 saturated carbocycles. The van der Waals surface area contributed by atoms with Gasteiger partial charge in [-0.25, -0.2) is 9.78 Å². The second-order valence-corrected chi connectivity index (χ2v) is 8.03. The molecular weight excluding hydrogens is 454 g/mol. The highest BCUT2D eigenvalue weighted by atomic mass is 35.5. The third-order valence-electron chi connectivity index (χ3n) is 5.60. The van der Waals surface area contributed by atoms with Gasteiger partial charge in [-0.2, -0.15) is 26.3 Å². The number of rotatable bonds is 3. The number of alkyl halides is 6. The molecule has 31 heavy (non-hydrogen) atoms. The molecule has 0 aromatic carbocycles. The van der Waals surface area contributed by atoms with Crippen LogP contribution in [-0.2, 0) is 11.0 Å². The first-order valence-electron chi connectivity index (χ1n) is 9.44. The first-order chi connectivity index (χ1) is 14.3. The van der Waals surface area contributed by atoms with E-state index in [1.54, 1.807) is 0 Å². The fourth-order valence-corrected chi connectivity index (χ4v) is 3.95. The Labute approximate surface area is 178 Å². The van der Waals surface area contributed by atoms with E-state index in [2.05, 4.69) is 15.6 Å². The molecule has 0 spiro atoms. The minimum Gasteiger partial charge on any atom is -0.353 e. The van der Waals surface area contributed by atoms with Gasteiger partial charge in [-0.1, -0.05) is 11.6 Å². The van der Waals surface area contributed by atoms with E-state index < -0.39 is 58.9 Å². The van der Waals surface area contributed by atoms with Crippen molar-refractivity contribution in [3.8, 4) is 0 Å². The van der Waals surface area contributed by atoms with Crippen molar-refractivity contribution in [3.63, 3.8) is 0 Å². The van der Waals surface area contributed by atoms with Gasteiger partial charge < -0.3 is 15.5 Å². The van der Waals surface area contributed by atoms with Gasteiger partial charge in [0.1, 0.15) is 6.04 Å². The molecule has 1 aromatic rings. The Kier molecular flexibility index (Phi) is 6.32. The van der Waals surface area contributed by atoms with Crippen LogP contribution in [0.1, 0.15) is 37.2 Å². The third kappa shape index (κ3) is 4.99. The lowest BCUT2D eigenvalue weighted by Gasteiger charge is -2.42. The maximum Gasteiger partial charge on any atom is 0.434 e. The second-order valence-electron chi connectivity index (χ2n) is 7.62. The van der Waals surface area contributed by atoms with E-state index in [1.807, 2.05) is 0 Å². The van der Waals surface area contributed by atoms with Crippen molar-refractivity contribution in [1.29, 1.82) is 0 Å². The molecule has 1 aliphatic heterocycles. The number of amides is 3. The Morgan fingerprint density at radius 2 is 1.90 bits per heavy atom. The van der Waals surface area contributed by atoms with Crippen LogP contribution in [0.5, 0.6) is 0 Å². The minimum atomic E-state index is -4.88. The number of piperazine rings is 1. The van der Waals surface area contributed by atoms with Gasteiger partial charge in [0.2, 0.25) is 5.91 Å². The average molecular weight is 473 g/mol. The van der Waals surface area contributed by atoms with E-state index in [0.29, 0.717) is 0 Å². The molecule has 2 N–H and O–H groups in total. The summed E-state index contributed by atoms with van der Waals surface area (Å²) < 4.78 is 78.5. The predicted molar refractivity (Wildman–Crippen MR) is 97.0 cm³/mol. The Balaban J connectivity index is 1.88. The van der Waals surface area contributed by atoms with Gasteiger partial charge in [0.05, 0.1) is 22.7 Å². The summed E-state index contributed by atoms with van der Waals surface area (Å²) in [4.78, 5) is 29.2. The highest BCUT2D eigenvalue weighted by Crippen LogP contribution is 2.49. The van der Waals surface area contributed by atoms with Crippen LogP contribution in [0.15, 0.2) is 12.1 Å². The summed E-state index contributed by atoms with van der Waals surface area (Å²) in [5, 5.41) is 4.39. The summed E-state index contributed by atoms with van der Waals surface area (Å²) in [5.41, 5.74) is -1.63. The molecule has 0 unspecified atom stereocenters. The normalized spacial score (nSPS) is 25.5. The van der Waals surface area contributed by atoms with Gasteiger partial charge in [-0.3, -0.25) is 4.79 Å². The molecule has 2 fully saturated rings. The van der Waals surface area contributed by atoms with Crippen molar-refractivity contribution in [2.45, 2.75) is 44.2 Å². The Bertz CT molecular complexity index is 856. The topological polar surface area (TPSA) is 74.3 Å². The van der Waals surface area contributed by atoms with Crippen molar-refractivity contribution in [3.05, 3.63) is 28.5 Å². The van der Waals surface area contributed by atoms with Crippen molar-refractivity contribution in [2.75, 3.05) is 13.1 Å². The van der Waals surface area contributed by atoms with Crippen molar-refractivity contribution < 1.29 is 35.9 Å². The molecule has 1 saturated heterocycles. The van der Waals surface area contributed by atoms with Gasteiger partial charge >= 0.3 is 18.4 Å². The molecule has 2 heterocycles. The lowest BCUT2D eigenvalue weighted by atomic mass is 9.70. The number of halogens is 7. The summed E-state index contributed by atoms with van der Waals surface area (Å²) >= 11 is 5.59. The fourth-order valence-electron chi connectivity index (χ4n) is 3.74. The molecule has 3 rings (SSSR count). The van der Waals surface area contributed by atoms with Crippen molar-refractivity contribution >= 4 is 23.5 Å². The summed E-state index contributed by atoms with van der Waals surface area (Å²) in [6, 6.07) is -0.726. The van der Waals surface area contributed by atoms with E-state index in [-0.39, 0.29) is 31.6 Å².